The third-order valence-electron chi connectivity index (χ3n) is 3.79. The van der Waals surface area contributed by atoms with Gasteiger partial charge in [-0.1, -0.05) is 0 Å². The lowest BCUT2D eigenvalue weighted by molar-refractivity contribution is -0.137. The van der Waals surface area contributed by atoms with Crippen LogP contribution in [-0.2, 0) is 19.1 Å². The van der Waals surface area contributed by atoms with Crippen molar-refractivity contribution >= 4 is 23.5 Å². The second kappa shape index (κ2) is 10.2. The second-order valence-corrected chi connectivity index (χ2v) is 5.80. The van der Waals surface area contributed by atoms with Crippen LogP contribution < -0.4 is 10.1 Å². The monoisotopic (exact) mass is 374 g/mol. The number of amides is 3. The van der Waals surface area contributed by atoms with E-state index in [0.717, 1.165) is 4.90 Å². The van der Waals surface area contributed by atoms with Crippen molar-refractivity contribution in [3.8, 4) is 5.75 Å². The topological polar surface area (TPSA) is 102 Å². The Balaban J connectivity index is 1.50. The first-order valence-corrected chi connectivity index (χ1v) is 8.59. The van der Waals surface area contributed by atoms with Crippen LogP contribution in [0.15, 0.2) is 36.4 Å². The van der Waals surface area contributed by atoms with Crippen molar-refractivity contribution in [1.29, 1.82) is 0 Å². The molecule has 1 aromatic rings. The van der Waals surface area contributed by atoms with Crippen LogP contribution in [0.2, 0.25) is 0 Å². The van der Waals surface area contributed by atoms with E-state index in [1.807, 2.05) is 0 Å². The van der Waals surface area contributed by atoms with Crippen LogP contribution in [0.4, 0.5) is 0 Å². The standard InChI is InChI=1S/C19H22N2O6/c1-14(22)15-2-4-16(5-3-15)27-13-12-26-11-8-17(23)20-9-10-21-18(24)6-7-19(21)25/h2-7H,8-13H2,1H3,(H,20,23). The lowest BCUT2D eigenvalue weighted by atomic mass is 10.1. The van der Waals surface area contributed by atoms with Gasteiger partial charge in [0.25, 0.3) is 11.8 Å². The fraction of sp³-hybridized carbons (Fsp3) is 0.368. The van der Waals surface area contributed by atoms with Crippen LogP contribution in [0.5, 0.6) is 5.75 Å². The Kier molecular flexibility index (Phi) is 7.69. The first kappa shape index (κ1) is 20.3. The molecule has 8 heteroatoms. The molecule has 1 aliphatic rings. The van der Waals surface area contributed by atoms with Gasteiger partial charge in [0.15, 0.2) is 5.78 Å². The first-order chi connectivity index (χ1) is 13.0. The molecule has 1 heterocycles. The van der Waals surface area contributed by atoms with Gasteiger partial charge in [0, 0.05) is 37.2 Å². The maximum atomic E-state index is 11.7. The molecule has 0 bridgehead atoms. The van der Waals surface area contributed by atoms with E-state index in [0.29, 0.717) is 24.5 Å². The number of carbonyl (C=O) groups excluding carboxylic acids is 4. The second-order valence-electron chi connectivity index (χ2n) is 5.80. The van der Waals surface area contributed by atoms with E-state index in [2.05, 4.69) is 5.32 Å². The van der Waals surface area contributed by atoms with Crippen LogP contribution in [0, 0.1) is 0 Å². The van der Waals surface area contributed by atoms with Crippen LogP contribution in [0.1, 0.15) is 23.7 Å². The summed E-state index contributed by atoms with van der Waals surface area (Å²) >= 11 is 0. The minimum absolute atomic E-state index is 0.00143. The summed E-state index contributed by atoms with van der Waals surface area (Å²) in [4.78, 5) is 46.6. The maximum absolute atomic E-state index is 11.7. The van der Waals surface area contributed by atoms with Gasteiger partial charge in [-0.3, -0.25) is 24.1 Å². The van der Waals surface area contributed by atoms with Crippen molar-refractivity contribution in [3.63, 3.8) is 0 Å². The van der Waals surface area contributed by atoms with Crippen LogP contribution >= 0.6 is 0 Å². The largest absolute Gasteiger partial charge is 0.491 e. The normalized spacial score (nSPS) is 13.1. The molecule has 0 saturated carbocycles. The highest BCUT2D eigenvalue weighted by Crippen LogP contribution is 2.12. The minimum Gasteiger partial charge on any atom is -0.491 e. The van der Waals surface area contributed by atoms with Crippen molar-refractivity contribution in [2.75, 3.05) is 32.9 Å². The van der Waals surface area contributed by atoms with E-state index < -0.39 is 0 Å². The van der Waals surface area contributed by atoms with Gasteiger partial charge in [-0.15, -0.1) is 0 Å². The molecule has 0 unspecified atom stereocenters. The predicted molar refractivity (Wildman–Crippen MR) is 96.2 cm³/mol. The lowest BCUT2D eigenvalue weighted by Crippen LogP contribution is -2.38. The quantitative estimate of drug-likeness (QED) is 0.348. The van der Waals surface area contributed by atoms with E-state index in [4.69, 9.17) is 9.47 Å². The third-order valence-corrected chi connectivity index (χ3v) is 3.79. The van der Waals surface area contributed by atoms with Crippen molar-refractivity contribution in [2.24, 2.45) is 0 Å². The highest BCUT2D eigenvalue weighted by molar-refractivity contribution is 6.12. The summed E-state index contributed by atoms with van der Waals surface area (Å²) in [7, 11) is 0. The molecule has 0 aromatic heterocycles. The molecule has 1 aliphatic heterocycles. The Bertz CT molecular complexity index is 708. The molecule has 0 spiro atoms. The molecule has 27 heavy (non-hydrogen) atoms. The summed E-state index contributed by atoms with van der Waals surface area (Å²) in [5.74, 6) is -0.315. The first-order valence-electron chi connectivity index (χ1n) is 8.59. The number of ketones is 1. The number of hydrogen-bond donors (Lipinski definition) is 1. The maximum Gasteiger partial charge on any atom is 0.253 e. The zero-order chi connectivity index (χ0) is 19.6. The molecular formula is C19H22N2O6. The van der Waals surface area contributed by atoms with Gasteiger partial charge >= 0.3 is 0 Å². The number of nitrogens with zero attached hydrogens (tertiary/aromatic N) is 1. The molecule has 0 radical (unpaired) electrons. The van der Waals surface area contributed by atoms with E-state index >= 15 is 0 Å². The summed E-state index contributed by atoms with van der Waals surface area (Å²) < 4.78 is 10.8. The Morgan fingerprint density at radius 2 is 1.67 bits per heavy atom. The van der Waals surface area contributed by atoms with Gasteiger partial charge in [-0.25, -0.2) is 0 Å². The fourth-order valence-corrected chi connectivity index (χ4v) is 2.32. The number of carbonyl (C=O) groups is 4. The molecule has 2 rings (SSSR count). The number of imide groups is 1. The fourth-order valence-electron chi connectivity index (χ4n) is 2.32. The van der Waals surface area contributed by atoms with E-state index in [1.54, 1.807) is 24.3 Å². The zero-order valence-electron chi connectivity index (χ0n) is 15.1. The van der Waals surface area contributed by atoms with E-state index in [-0.39, 0.29) is 49.6 Å². The number of rotatable bonds is 11. The summed E-state index contributed by atoms with van der Waals surface area (Å²) in [6.45, 7) is 2.74. The molecule has 3 amide bonds. The van der Waals surface area contributed by atoms with Crippen LogP contribution in [0.3, 0.4) is 0 Å². The third kappa shape index (κ3) is 6.67. The molecule has 0 aliphatic carbocycles. The number of ether oxygens (including phenoxy) is 2. The Labute approximate surface area is 157 Å². The smallest absolute Gasteiger partial charge is 0.253 e. The van der Waals surface area contributed by atoms with E-state index in [9.17, 15) is 19.2 Å². The summed E-state index contributed by atoms with van der Waals surface area (Å²) in [6.07, 6.45) is 2.59. The van der Waals surface area contributed by atoms with Gasteiger partial charge in [0.2, 0.25) is 5.91 Å². The van der Waals surface area contributed by atoms with Gasteiger partial charge in [0.1, 0.15) is 12.4 Å². The van der Waals surface area contributed by atoms with Gasteiger partial charge in [-0.2, -0.15) is 0 Å². The zero-order valence-corrected chi connectivity index (χ0v) is 15.1. The van der Waals surface area contributed by atoms with Crippen molar-refractivity contribution in [1.82, 2.24) is 10.2 Å². The number of Topliss-reactive ketones (excluding diaryl/α,β-unsaturated/α-hetero) is 1. The van der Waals surface area contributed by atoms with Gasteiger partial charge < -0.3 is 14.8 Å². The van der Waals surface area contributed by atoms with Crippen LogP contribution in [0.25, 0.3) is 0 Å². The Morgan fingerprint density at radius 3 is 2.30 bits per heavy atom. The highest BCUT2D eigenvalue weighted by atomic mass is 16.5. The molecule has 0 fully saturated rings. The van der Waals surface area contributed by atoms with E-state index in [1.165, 1.54) is 19.1 Å². The molecule has 1 N–H and O–H groups in total. The molecule has 8 nitrogen and oxygen atoms in total. The van der Waals surface area contributed by atoms with Crippen molar-refractivity contribution in [3.05, 3.63) is 42.0 Å². The minimum atomic E-state index is -0.367. The molecule has 144 valence electrons. The highest BCUT2D eigenvalue weighted by Gasteiger charge is 2.22. The summed E-state index contributed by atoms with van der Waals surface area (Å²) in [6, 6.07) is 6.83. The number of benzene rings is 1. The number of hydrogen-bond acceptors (Lipinski definition) is 6. The average molecular weight is 374 g/mol. The van der Waals surface area contributed by atoms with Crippen LogP contribution in [-0.4, -0.2) is 61.3 Å². The molecule has 0 atom stereocenters. The predicted octanol–water partition coefficient (Wildman–Crippen LogP) is 0.716. The Morgan fingerprint density at radius 1 is 1.00 bits per heavy atom. The SMILES string of the molecule is CC(=O)c1ccc(OCCOCCC(=O)NCCN2C(=O)C=CC2=O)cc1. The van der Waals surface area contributed by atoms with Crippen molar-refractivity contribution < 1.29 is 28.7 Å². The molecule has 1 aromatic carbocycles. The lowest BCUT2D eigenvalue weighted by Gasteiger charge is -2.14. The molecule has 0 saturated heterocycles. The molecular weight excluding hydrogens is 352 g/mol. The summed E-state index contributed by atoms with van der Waals surface area (Å²) in [5.41, 5.74) is 0.624. The van der Waals surface area contributed by atoms with Gasteiger partial charge in [0.05, 0.1) is 13.2 Å². The summed E-state index contributed by atoms with van der Waals surface area (Å²) in [5, 5.41) is 2.63. The average Bonchev–Trinajstić information content (AvgIpc) is 2.97. The number of nitrogens with one attached hydrogen (secondary N) is 1. The Hall–Kier alpha value is -3.00. The van der Waals surface area contributed by atoms with Crippen molar-refractivity contribution in [2.45, 2.75) is 13.3 Å². The van der Waals surface area contributed by atoms with Gasteiger partial charge in [-0.05, 0) is 31.2 Å².